The highest BCUT2D eigenvalue weighted by Crippen LogP contribution is 2.25. The van der Waals surface area contributed by atoms with E-state index in [4.69, 9.17) is 5.11 Å². The lowest BCUT2D eigenvalue weighted by Gasteiger charge is -2.18. The first-order chi connectivity index (χ1) is 13.4. The number of para-hydroxylation sites is 1. The first-order valence-electron chi connectivity index (χ1n) is 8.18. The van der Waals surface area contributed by atoms with Gasteiger partial charge >= 0.3 is 5.97 Å². The van der Waals surface area contributed by atoms with Crippen LogP contribution in [0.4, 0.5) is 8.78 Å². The maximum absolute atomic E-state index is 14.0. The number of carbonyl (C=O) groups is 2. The normalized spacial score (nSPS) is 11.8. The van der Waals surface area contributed by atoms with Crippen molar-refractivity contribution in [2.75, 3.05) is 0 Å². The Hall–Kier alpha value is -3.75. The molecule has 0 unspecified atom stereocenters. The molecule has 7 nitrogen and oxygen atoms in total. The number of benzene rings is 2. The number of nitrogens with one attached hydrogen (secondary N) is 1. The summed E-state index contributed by atoms with van der Waals surface area (Å²) in [4.78, 5) is 23.6. The van der Waals surface area contributed by atoms with E-state index in [2.05, 4.69) is 10.4 Å². The van der Waals surface area contributed by atoms with Gasteiger partial charge in [-0.25, -0.2) is 13.5 Å². The van der Waals surface area contributed by atoms with Crippen LogP contribution in [0.1, 0.15) is 28.5 Å². The highest BCUT2D eigenvalue weighted by atomic mass is 19.1. The van der Waals surface area contributed by atoms with Crippen molar-refractivity contribution in [3.63, 3.8) is 0 Å². The number of amides is 1. The average Bonchev–Trinajstić information content (AvgIpc) is 3.03. The zero-order chi connectivity index (χ0) is 20.3. The van der Waals surface area contributed by atoms with Crippen LogP contribution in [0.15, 0.2) is 54.6 Å². The van der Waals surface area contributed by atoms with E-state index in [1.165, 1.54) is 0 Å². The smallest absolute Gasteiger partial charge is 0.305 e. The molecule has 0 bridgehead atoms. The number of hydrogen-bond acceptors (Lipinski definition) is 4. The average molecular weight is 387 g/mol. The van der Waals surface area contributed by atoms with E-state index in [0.717, 1.165) is 28.9 Å². The maximum atomic E-state index is 14.0. The molecule has 3 N–H and O–H groups in total. The number of rotatable bonds is 6. The summed E-state index contributed by atoms with van der Waals surface area (Å²) in [6, 6.07) is 11.1. The molecule has 0 aliphatic rings. The van der Waals surface area contributed by atoms with Crippen LogP contribution in [0, 0.1) is 11.6 Å². The summed E-state index contributed by atoms with van der Waals surface area (Å²) < 4.78 is 29.2. The minimum atomic E-state index is -1.46. The molecule has 0 saturated carbocycles. The number of hydrogen-bond donors (Lipinski definition) is 3. The fourth-order valence-corrected chi connectivity index (χ4v) is 2.72. The molecule has 3 aromatic rings. The second kappa shape index (κ2) is 7.87. The van der Waals surface area contributed by atoms with E-state index in [0.29, 0.717) is 5.69 Å². The third-order valence-corrected chi connectivity index (χ3v) is 3.96. The van der Waals surface area contributed by atoms with Gasteiger partial charge in [-0.15, -0.1) is 0 Å². The van der Waals surface area contributed by atoms with Gasteiger partial charge in [0.15, 0.2) is 5.69 Å². The molecule has 1 amide bonds. The Kier molecular flexibility index (Phi) is 5.35. The zero-order valence-corrected chi connectivity index (χ0v) is 14.3. The van der Waals surface area contributed by atoms with Gasteiger partial charge in [0.1, 0.15) is 11.6 Å². The molecule has 2 aromatic carbocycles. The van der Waals surface area contributed by atoms with Crippen molar-refractivity contribution in [1.82, 2.24) is 15.1 Å². The van der Waals surface area contributed by atoms with Crippen molar-refractivity contribution in [2.24, 2.45) is 0 Å². The molecule has 0 aliphatic carbocycles. The second-order valence-corrected chi connectivity index (χ2v) is 5.89. The van der Waals surface area contributed by atoms with E-state index in [1.54, 1.807) is 30.3 Å². The van der Waals surface area contributed by atoms with Gasteiger partial charge in [-0.3, -0.25) is 9.59 Å². The van der Waals surface area contributed by atoms with Crippen LogP contribution >= 0.6 is 0 Å². The number of carboxylic acids is 1. The highest BCUT2D eigenvalue weighted by Gasteiger charge is 2.26. The Morgan fingerprint density at radius 3 is 2.32 bits per heavy atom. The third-order valence-electron chi connectivity index (χ3n) is 3.96. The van der Waals surface area contributed by atoms with Crippen molar-refractivity contribution in [1.29, 1.82) is 0 Å². The van der Waals surface area contributed by atoms with Crippen molar-refractivity contribution >= 4 is 11.9 Å². The van der Waals surface area contributed by atoms with Gasteiger partial charge in [-0.1, -0.05) is 24.3 Å². The molecule has 0 fully saturated rings. The summed E-state index contributed by atoms with van der Waals surface area (Å²) in [5, 5.41) is 25.3. The lowest BCUT2D eigenvalue weighted by atomic mass is 10.0. The lowest BCUT2D eigenvalue weighted by Crippen LogP contribution is -2.31. The molecular formula is C19H15F2N3O4. The molecule has 9 heteroatoms. The quantitative estimate of drug-likeness (QED) is 0.603. The van der Waals surface area contributed by atoms with Crippen LogP contribution < -0.4 is 5.32 Å². The summed E-state index contributed by atoms with van der Waals surface area (Å²) in [6.45, 7) is 0. The molecule has 0 radical (unpaired) electrons. The van der Waals surface area contributed by atoms with E-state index < -0.39 is 41.5 Å². The maximum Gasteiger partial charge on any atom is 0.305 e. The van der Waals surface area contributed by atoms with E-state index in [9.17, 15) is 23.5 Å². The Bertz CT molecular complexity index is 1000. The number of nitrogens with zero attached hydrogens (tertiary/aromatic N) is 2. The first kappa shape index (κ1) is 19.0. The van der Waals surface area contributed by atoms with E-state index in [-0.39, 0.29) is 11.6 Å². The number of carboxylic acid groups (broad SMARTS) is 1. The van der Waals surface area contributed by atoms with Crippen LogP contribution in [0.3, 0.4) is 0 Å². The number of aromatic hydroxyl groups is 1. The largest absolute Gasteiger partial charge is 0.493 e. The van der Waals surface area contributed by atoms with Gasteiger partial charge in [0.05, 0.1) is 18.2 Å². The van der Waals surface area contributed by atoms with E-state index >= 15 is 0 Å². The fraction of sp³-hybridized carbons (Fsp3) is 0.105. The van der Waals surface area contributed by atoms with Gasteiger partial charge < -0.3 is 15.5 Å². The van der Waals surface area contributed by atoms with Gasteiger partial charge in [0, 0.05) is 11.6 Å². The van der Waals surface area contributed by atoms with Gasteiger partial charge in [-0.2, -0.15) is 5.10 Å². The molecular weight excluding hydrogens is 372 g/mol. The number of aliphatic carboxylic acids is 1. The number of aromatic nitrogens is 2. The van der Waals surface area contributed by atoms with Crippen molar-refractivity contribution in [2.45, 2.75) is 12.5 Å². The molecule has 0 aliphatic heterocycles. The lowest BCUT2D eigenvalue weighted by molar-refractivity contribution is -0.137. The summed E-state index contributed by atoms with van der Waals surface area (Å²) in [7, 11) is 0. The molecule has 28 heavy (non-hydrogen) atoms. The van der Waals surface area contributed by atoms with Crippen LogP contribution in [-0.2, 0) is 4.79 Å². The third kappa shape index (κ3) is 3.98. The van der Waals surface area contributed by atoms with Crippen LogP contribution in [0.25, 0.3) is 5.69 Å². The molecule has 1 atom stereocenters. The SMILES string of the molecule is O=C(O)C[C@H](NC(=O)c1cc(O)n(-c2ccccc2)n1)c1c(F)cccc1F. The minimum Gasteiger partial charge on any atom is -0.493 e. The summed E-state index contributed by atoms with van der Waals surface area (Å²) >= 11 is 0. The highest BCUT2D eigenvalue weighted by molar-refractivity contribution is 5.93. The van der Waals surface area contributed by atoms with E-state index in [1.807, 2.05) is 0 Å². The standard InChI is InChI=1S/C19H15F2N3O4/c20-12-7-4-8-13(21)18(12)14(10-17(26)27)22-19(28)15-9-16(25)24(23-15)11-5-2-1-3-6-11/h1-9,14,25H,10H2,(H,22,28)(H,26,27)/t14-/m0/s1. The van der Waals surface area contributed by atoms with Crippen LogP contribution in [0.5, 0.6) is 5.88 Å². The molecule has 3 rings (SSSR count). The molecule has 0 spiro atoms. The van der Waals surface area contributed by atoms with Crippen molar-refractivity contribution in [3.05, 3.63) is 77.5 Å². The van der Waals surface area contributed by atoms with Crippen LogP contribution in [-0.4, -0.2) is 31.9 Å². The molecule has 144 valence electrons. The van der Waals surface area contributed by atoms with Gasteiger partial charge in [0.25, 0.3) is 5.91 Å². The summed E-state index contributed by atoms with van der Waals surface area (Å²) in [5.74, 6) is -4.54. The monoisotopic (exact) mass is 387 g/mol. The second-order valence-electron chi connectivity index (χ2n) is 5.89. The van der Waals surface area contributed by atoms with Crippen LogP contribution in [0.2, 0.25) is 0 Å². The fourth-order valence-electron chi connectivity index (χ4n) is 2.72. The minimum absolute atomic E-state index is 0.242. The van der Waals surface area contributed by atoms with Gasteiger partial charge in [-0.05, 0) is 24.3 Å². The number of halogens is 2. The summed E-state index contributed by atoms with van der Waals surface area (Å²) in [5.41, 5.74) is -0.320. The molecule has 0 saturated heterocycles. The molecule has 1 heterocycles. The van der Waals surface area contributed by atoms with Crippen molar-refractivity contribution in [3.8, 4) is 11.6 Å². The predicted molar refractivity (Wildman–Crippen MR) is 94.0 cm³/mol. The first-order valence-corrected chi connectivity index (χ1v) is 8.18. The Balaban J connectivity index is 1.90. The topological polar surface area (TPSA) is 104 Å². The van der Waals surface area contributed by atoms with Crippen molar-refractivity contribution < 1.29 is 28.6 Å². The van der Waals surface area contributed by atoms with Gasteiger partial charge in [0.2, 0.25) is 5.88 Å². The summed E-state index contributed by atoms with van der Waals surface area (Å²) in [6.07, 6.45) is -0.741. The Morgan fingerprint density at radius 1 is 1.07 bits per heavy atom. The predicted octanol–water partition coefficient (Wildman–Crippen LogP) is 2.80. The zero-order valence-electron chi connectivity index (χ0n) is 14.3. The Morgan fingerprint density at radius 2 is 1.71 bits per heavy atom. The number of carbonyl (C=O) groups excluding carboxylic acids is 1. The Labute approximate surface area is 157 Å². The molecule has 1 aromatic heterocycles.